The van der Waals surface area contributed by atoms with E-state index in [4.69, 9.17) is 28.4 Å². The Morgan fingerprint density at radius 2 is 0.814 bits per heavy atom. The summed E-state index contributed by atoms with van der Waals surface area (Å²) in [4.78, 5) is 12.8. The summed E-state index contributed by atoms with van der Waals surface area (Å²) in [6.07, 6.45) is 5.11. The second-order valence-corrected chi connectivity index (χ2v) is 20.1. The van der Waals surface area contributed by atoms with Crippen molar-refractivity contribution < 1.29 is 89.4 Å². The van der Waals surface area contributed by atoms with Crippen molar-refractivity contribution in [2.75, 3.05) is 26.4 Å². The summed E-state index contributed by atoms with van der Waals surface area (Å²) in [6, 6.07) is -0.876. The average molecular weight is 1010 g/mol. The summed E-state index contributed by atoms with van der Waals surface area (Å²) < 4.78 is 34.0. The number of hydrogen-bond acceptors (Lipinski definition) is 18. The topological polar surface area (TPSA) is 307 Å². The second-order valence-electron chi connectivity index (χ2n) is 20.1. The fraction of sp³-hybridized carbons (Fsp3) is 0.980. The van der Waals surface area contributed by atoms with E-state index >= 15 is 0 Å². The normalized spacial score (nSPS) is 32.5. The highest BCUT2D eigenvalue weighted by molar-refractivity contribution is 5.76. The zero-order valence-electron chi connectivity index (χ0n) is 42.5. The fourth-order valence-electron chi connectivity index (χ4n) is 9.58. The smallest absolute Gasteiger partial charge is 0.220 e. The number of aliphatic hydroxyl groups is 11. The zero-order chi connectivity index (χ0) is 51.3. The van der Waals surface area contributed by atoms with E-state index in [-0.39, 0.29) is 18.9 Å². The van der Waals surface area contributed by atoms with Gasteiger partial charge < -0.3 is 89.9 Å². The maximum absolute atomic E-state index is 12.8. The molecule has 0 spiro atoms. The largest absolute Gasteiger partial charge is 0.394 e. The highest BCUT2D eigenvalue weighted by Gasteiger charge is 2.53. The maximum Gasteiger partial charge on any atom is 0.220 e. The fourth-order valence-corrected chi connectivity index (χ4v) is 9.58. The van der Waals surface area contributed by atoms with Crippen LogP contribution in [0, 0.1) is 0 Å². The Bertz CT molecular complexity index is 1300. The van der Waals surface area contributed by atoms with Crippen LogP contribution in [0.4, 0.5) is 0 Å². The molecule has 414 valence electrons. The van der Waals surface area contributed by atoms with Gasteiger partial charge in [-0.25, -0.2) is 0 Å². The van der Waals surface area contributed by atoms with Crippen LogP contribution in [0.1, 0.15) is 187 Å². The number of aliphatic hydroxyl groups excluding tert-OH is 11. The Kier molecular flexibility index (Phi) is 33.1. The van der Waals surface area contributed by atoms with Gasteiger partial charge in [0.1, 0.15) is 73.2 Å². The standard InChI is InChI=1S/C51H97NO18/c1-3-5-7-8-9-10-11-12-13-14-15-16-17-18-19-20-21-22-23-24-25-26-27-28-35(56)34(52-39(57)29-6-4-2)33-65-49-45(63)42(60)47(37(31-54)67-49)70-51-46(64)43(61)48(38(32-55)68-51)69-50-44(62)41(59)40(58)36(30-53)66-50/h34-38,40-51,53-56,58-64H,3-33H2,1-2H3,(H,52,57). The third-order valence-electron chi connectivity index (χ3n) is 14.2. The molecular weight excluding hydrogens is 915 g/mol. The number of hydrogen-bond donors (Lipinski definition) is 12. The molecule has 0 aromatic rings. The highest BCUT2D eigenvalue weighted by atomic mass is 16.8. The first-order valence-corrected chi connectivity index (χ1v) is 27.3. The summed E-state index contributed by atoms with van der Waals surface area (Å²) in [7, 11) is 0. The minimum atomic E-state index is -1.97. The Balaban J connectivity index is 1.37. The number of unbranched alkanes of at least 4 members (excludes halogenated alkanes) is 23. The first kappa shape index (κ1) is 63.1. The number of nitrogens with one attached hydrogen (secondary N) is 1. The molecule has 19 heteroatoms. The molecule has 3 aliphatic rings. The Morgan fingerprint density at radius 3 is 1.23 bits per heavy atom. The van der Waals surface area contributed by atoms with Crippen molar-refractivity contribution in [3.8, 4) is 0 Å². The monoisotopic (exact) mass is 1010 g/mol. The van der Waals surface area contributed by atoms with E-state index in [2.05, 4.69) is 12.2 Å². The van der Waals surface area contributed by atoms with Crippen LogP contribution in [0.15, 0.2) is 0 Å². The molecular formula is C51H97NO18. The van der Waals surface area contributed by atoms with Crippen molar-refractivity contribution in [2.24, 2.45) is 0 Å². The zero-order valence-corrected chi connectivity index (χ0v) is 42.5. The quantitative estimate of drug-likeness (QED) is 0.0394. The van der Waals surface area contributed by atoms with Crippen molar-refractivity contribution >= 4 is 5.91 Å². The van der Waals surface area contributed by atoms with Crippen LogP contribution in [0.25, 0.3) is 0 Å². The summed E-state index contributed by atoms with van der Waals surface area (Å²) in [5.74, 6) is -0.277. The summed E-state index contributed by atoms with van der Waals surface area (Å²) >= 11 is 0. The number of amides is 1. The molecule has 3 fully saturated rings. The lowest BCUT2D eigenvalue weighted by Crippen LogP contribution is -2.66. The lowest BCUT2D eigenvalue weighted by molar-refractivity contribution is -0.379. The molecule has 70 heavy (non-hydrogen) atoms. The Labute approximate surface area is 417 Å². The minimum absolute atomic E-state index is 0.244. The van der Waals surface area contributed by atoms with Crippen LogP contribution in [-0.4, -0.2) is 193 Å². The van der Waals surface area contributed by atoms with E-state index in [1.165, 1.54) is 122 Å². The molecule has 0 radical (unpaired) electrons. The maximum atomic E-state index is 12.8. The van der Waals surface area contributed by atoms with Crippen LogP contribution in [0.2, 0.25) is 0 Å². The lowest BCUT2D eigenvalue weighted by atomic mass is 9.96. The van der Waals surface area contributed by atoms with Gasteiger partial charge in [0.2, 0.25) is 5.91 Å². The Hall–Kier alpha value is -1.21. The molecule has 0 aromatic heterocycles. The van der Waals surface area contributed by atoms with Gasteiger partial charge in [-0.2, -0.15) is 0 Å². The molecule has 0 bridgehead atoms. The molecule has 17 unspecified atom stereocenters. The first-order valence-electron chi connectivity index (χ1n) is 27.3. The molecule has 0 aliphatic carbocycles. The SMILES string of the molecule is CCCCCCCCCCCCCCCCCCCCCCCCCC(O)C(COC1OC(CO)C(OC2OC(CO)C(OC3OC(CO)C(O)C(O)C3O)C(O)C2O)C(O)C1O)NC(=O)CCCC. The van der Waals surface area contributed by atoms with Gasteiger partial charge in [-0.15, -0.1) is 0 Å². The van der Waals surface area contributed by atoms with Crippen molar-refractivity contribution in [1.82, 2.24) is 5.32 Å². The number of rotatable bonds is 39. The van der Waals surface area contributed by atoms with Crippen LogP contribution in [0.5, 0.6) is 0 Å². The van der Waals surface area contributed by atoms with Crippen LogP contribution in [0.3, 0.4) is 0 Å². The average Bonchev–Trinajstić information content (AvgIpc) is 3.36. The molecule has 0 aromatic carbocycles. The summed E-state index contributed by atoms with van der Waals surface area (Å²) in [5, 5.41) is 119. The van der Waals surface area contributed by atoms with Gasteiger partial charge in [-0.1, -0.05) is 168 Å². The second kappa shape index (κ2) is 36.7. The molecule has 1 amide bonds. The van der Waals surface area contributed by atoms with Gasteiger partial charge in [0.05, 0.1) is 38.6 Å². The third kappa shape index (κ3) is 21.9. The third-order valence-corrected chi connectivity index (χ3v) is 14.2. The van der Waals surface area contributed by atoms with E-state index in [0.717, 1.165) is 32.1 Å². The number of carbonyl (C=O) groups excluding carboxylic acids is 1. The molecule has 3 heterocycles. The molecule has 3 rings (SSSR count). The molecule has 3 saturated heterocycles. The summed E-state index contributed by atoms with van der Waals surface area (Å²) in [6.45, 7) is 1.53. The molecule has 17 atom stereocenters. The van der Waals surface area contributed by atoms with E-state index in [1.807, 2.05) is 6.92 Å². The predicted octanol–water partition coefficient (Wildman–Crippen LogP) is 2.87. The van der Waals surface area contributed by atoms with Crippen LogP contribution >= 0.6 is 0 Å². The molecule has 12 N–H and O–H groups in total. The molecule has 3 aliphatic heterocycles. The van der Waals surface area contributed by atoms with E-state index < -0.39 is 124 Å². The molecule has 19 nitrogen and oxygen atoms in total. The van der Waals surface area contributed by atoms with Gasteiger partial charge in [-0.3, -0.25) is 4.79 Å². The van der Waals surface area contributed by atoms with Gasteiger partial charge >= 0.3 is 0 Å². The van der Waals surface area contributed by atoms with Gasteiger partial charge in [-0.05, 0) is 12.8 Å². The predicted molar refractivity (Wildman–Crippen MR) is 259 cm³/mol. The Morgan fingerprint density at radius 1 is 0.457 bits per heavy atom. The van der Waals surface area contributed by atoms with Crippen molar-refractivity contribution in [3.63, 3.8) is 0 Å². The highest BCUT2D eigenvalue weighted by Crippen LogP contribution is 2.33. The number of carbonyl (C=O) groups is 1. The van der Waals surface area contributed by atoms with Gasteiger partial charge in [0, 0.05) is 6.42 Å². The van der Waals surface area contributed by atoms with E-state index in [9.17, 15) is 61.0 Å². The van der Waals surface area contributed by atoms with Crippen LogP contribution < -0.4 is 5.32 Å². The van der Waals surface area contributed by atoms with Crippen molar-refractivity contribution in [1.29, 1.82) is 0 Å². The van der Waals surface area contributed by atoms with Gasteiger partial charge in [0.25, 0.3) is 0 Å². The van der Waals surface area contributed by atoms with Crippen molar-refractivity contribution in [2.45, 2.75) is 291 Å². The summed E-state index contributed by atoms with van der Waals surface area (Å²) in [5.41, 5.74) is 0. The molecule has 0 saturated carbocycles. The number of ether oxygens (including phenoxy) is 6. The van der Waals surface area contributed by atoms with Crippen molar-refractivity contribution in [3.05, 3.63) is 0 Å². The van der Waals surface area contributed by atoms with E-state index in [1.54, 1.807) is 0 Å². The lowest BCUT2D eigenvalue weighted by Gasteiger charge is -2.48. The first-order chi connectivity index (χ1) is 33.8. The van der Waals surface area contributed by atoms with Crippen LogP contribution in [-0.2, 0) is 33.2 Å². The van der Waals surface area contributed by atoms with Gasteiger partial charge in [0.15, 0.2) is 18.9 Å². The minimum Gasteiger partial charge on any atom is -0.394 e. The van der Waals surface area contributed by atoms with E-state index in [0.29, 0.717) is 12.8 Å².